The van der Waals surface area contributed by atoms with Crippen LogP contribution in [0.5, 0.6) is 5.88 Å². The molecule has 1 heterocycles. The van der Waals surface area contributed by atoms with Gasteiger partial charge >= 0.3 is 0 Å². The van der Waals surface area contributed by atoms with Gasteiger partial charge in [-0.3, -0.25) is 0 Å². The average Bonchev–Trinajstić information content (AvgIpc) is 2.01. The van der Waals surface area contributed by atoms with Gasteiger partial charge in [0.25, 0.3) is 0 Å². The Morgan fingerprint density at radius 2 is 2.14 bits per heavy atom. The van der Waals surface area contributed by atoms with Crippen molar-refractivity contribution in [3.8, 4) is 5.88 Å². The molecule has 1 aromatic heterocycles. The molecule has 0 aliphatic heterocycles. The largest absolute Gasteiger partial charge is 0.471 e. The molecule has 1 N–H and O–H groups in total. The number of nitrogens with zero attached hydrogens (tertiary/aromatic N) is 1. The second kappa shape index (κ2) is 4.06. The van der Waals surface area contributed by atoms with E-state index < -0.39 is 16.7 Å². The first-order chi connectivity index (χ1) is 6.40. The SMILES string of the molecule is CC(C)(C)Oc1ncccc1S(=O)O. The Bertz CT molecular complexity index is 346. The fourth-order valence-corrected chi connectivity index (χ4v) is 1.31. The number of hydrogen-bond donors (Lipinski definition) is 1. The smallest absolute Gasteiger partial charge is 0.232 e. The molecule has 0 amide bonds. The molecule has 0 saturated carbocycles. The van der Waals surface area contributed by atoms with Crippen LogP contribution in [0.3, 0.4) is 0 Å². The average molecular weight is 215 g/mol. The standard InChI is InChI=1S/C9H13NO3S/c1-9(2,3)13-8-7(14(11)12)5-4-6-10-8/h4-6H,1-3H3,(H,11,12). The van der Waals surface area contributed by atoms with E-state index in [9.17, 15) is 4.21 Å². The monoisotopic (exact) mass is 215 g/mol. The minimum Gasteiger partial charge on any atom is -0.471 e. The van der Waals surface area contributed by atoms with Crippen molar-refractivity contribution in [2.75, 3.05) is 0 Å². The Kier molecular flexibility index (Phi) is 3.23. The van der Waals surface area contributed by atoms with E-state index in [1.807, 2.05) is 20.8 Å². The van der Waals surface area contributed by atoms with Crippen molar-refractivity contribution in [1.82, 2.24) is 4.98 Å². The third-order valence-electron chi connectivity index (χ3n) is 1.33. The quantitative estimate of drug-likeness (QED) is 0.765. The lowest BCUT2D eigenvalue weighted by molar-refractivity contribution is 0.119. The number of ether oxygens (including phenoxy) is 1. The molecule has 1 atom stereocenters. The van der Waals surface area contributed by atoms with Gasteiger partial charge in [-0.15, -0.1) is 0 Å². The lowest BCUT2D eigenvalue weighted by Gasteiger charge is -2.21. The molecule has 0 spiro atoms. The van der Waals surface area contributed by atoms with E-state index in [1.54, 1.807) is 6.07 Å². The molecule has 0 fully saturated rings. The highest BCUT2D eigenvalue weighted by Crippen LogP contribution is 2.22. The van der Waals surface area contributed by atoms with Gasteiger partial charge in [0.1, 0.15) is 10.5 Å². The van der Waals surface area contributed by atoms with Crippen LogP contribution in [0.4, 0.5) is 0 Å². The van der Waals surface area contributed by atoms with Crippen LogP contribution in [0.15, 0.2) is 23.2 Å². The maximum Gasteiger partial charge on any atom is 0.232 e. The Balaban J connectivity index is 3.02. The zero-order chi connectivity index (χ0) is 10.8. The molecule has 4 nitrogen and oxygen atoms in total. The van der Waals surface area contributed by atoms with E-state index in [4.69, 9.17) is 9.29 Å². The van der Waals surface area contributed by atoms with E-state index in [0.29, 0.717) is 0 Å². The van der Waals surface area contributed by atoms with Gasteiger partial charge in [0.05, 0.1) is 0 Å². The summed E-state index contributed by atoms with van der Waals surface area (Å²) in [5, 5.41) is 0. The summed E-state index contributed by atoms with van der Waals surface area (Å²) >= 11 is -2.06. The summed E-state index contributed by atoms with van der Waals surface area (Å²) in [6.45, 7) is 5.56. The highest BCUT2D eigenvalue weighted by Gasteiger charge is 2.17. The second-order valence-electron chi connectivity index (χ2n) is 3.77. The molecule has 0 saturated heterocycles. The van der Waals surface area contributed by atoms with Crippen LogP contribution in [0.1, 0.15) is 20.8 Å². The third kappa shape index (κ3) is 3.08. The van der Waals surface area contributed by atoms with Gasteiger partial charge < -0.3 is 9.29 Å². The lowest BCUT2D eigenvalue weighted by Crippen LogP contribution is -2.24. The van der Waals surface area contributed by atoms with Crippen molar-refractivity contribution in [1.29, 1.82) is 0 Å². The fraction of sp³-hybridized carbons (Fsp3) is 0.444. The predicted octanol–water partition coefficient (Wildman–Crippen LogP) is 1.84. The highest BCUT2D eigenvalue weighted by molar-refractivity contribution is 7.79. The normalized spacial score (nSPS) is 13.7. The molecule has 1 unspecified atom stereocenters. The van der Waals surface area contributed by atoms with Gasteiger partial charge in [-0.05, 0) is 32.9 Å². The van der Waals surface area contributed by atoms with Crippen LogP contribution < -0.4 is 4.74 Å². The summed E-state index contributed by atoms with van der Waals surface area (Å²) in [4.78, 5) is 4.11. The van der Waals surface area contributed by atoms with Crippen molar-refractivity contribution in [3.63, 3.8) is 0 Å². The molecule has 0 aliphatic rings. The minimum atomic E-state index is -2.06. The van der Waals surface area contributed by atoms with E-state index in [1.165, 1.54) is 12.3 Å². The van der Waals surface area contributed by atoms with E-state index in [2.05, 4.69) is 4.98 Å². The van der Waals surface area contributed by atoms with Gasteiger partial charge in [-0.1, -0.05) is 0 Å². The Morgan fingerprint density at radius 3 is 2.64 bits per heavy atom. The molecule has 0 aliphatic carbocycles. The Labute approximate surface area is 85.6 Å². The van der Waals surface area contributed by atoms with E-state index in [-0.39, 0.29) is 10.8 Å². The summed E-state index contributed by atoms with van der Waals surface area (Å²) in [7, 11) is 0. The zero-order valence-electron chi connectivity index (χ0n) is 8.35. The first kappa shape index (κ1) is 11.1. The molecule has 14 heavy (non-hydrogen) atoms. The van der Waals surface area contributed by atoms with E-state index in [0.717, 1.165) is 0 Å². The summed E-state index contributed by atoms with van der Waals surface area (Å²) in [5.74, 6) is 0.209. The second-order valence-corrected chi connectivity index (χ2v) is 4.71. The van der Waals surface area contributed by atoms with Gasteiger partial charge in [-0.25, -0.2) is 9.19 Å². The molecule has 0 aromatic carbocycles. The maximum atomic E-state index is 10.9. The molecule has 1 rings (SSSR count). The summed E-state index contributed by atoms with van der Waals surface area (Å²) in [5.41, 5.74) is -0.428. The van der Waals surface area contributed by atoms with Crippen LogP contribution in [0.2, 0.25) is 0 Å². The Hall–Kier alpha value is -0.940. The van der Waals surface area contributed by atoms with Crippen molar-refractivity contribution in [2.24, 2.45) is 0 Å². The molecule has 5 heteroatoms. The highest BCUT2D eigenvalue weighted by atomic mass is 32.2. The first-order valence-electron chi connectivity index (χ1n) is 4.15. The van der Waals surface area contributed by atoms with Crippen molar-refractivity contribution < 1.29 is 13.5 Å². The zero-order valence-corrected chi connectivity index (χ0v) is 9.17. The number of aromatic nitrogens is 1. The van der Waals surface area contributed by atoms with Crippen LogP contribution >= 0.6 is 0 Å². The third-order valence-corrected chi connectivity index (χ3v) is 2.01. The molecular weight excluding hydrogens is 202 g/mol. The molecule has 0 radical (unpaired) electrons. The van der Waals surface area contributed by atoms with Crippen molar-refractivity contribution in [3.05, 3.63) is 18.3 Å². The lowest BCUT2D eigenvalue weighted by atomic mass is 10.2. The summed E-state index contributed by atoms with van der Waals surface area (Å²) in [6, 6.07) is 3.11. The minimum absolute atomic E-state index is 0.197. The van der Waals surface area contributed by atoms with Crippen molar-refractivity contribution in [2.45, 2.75) is 31.3 Å². The number of hydrogen-bond acceptors (Lipinski definition) is 3. The fourth-order valence-electron chi connectivity index (χ4n) is 0.876. The number of rotatable bonds is 2. The van der Waals surface area contributed by atoms with E-state index >= 15 is 0 Å². The van der Waals surface area contributed by atoms with Crippen LogP contribution in [0, 0.1) is 0 Å². The van der Waals surface area contributed by atoms with Crippen LogP contribution in [0.25, 0.3) is 0 Å². The maximum absolute atomic E-state index is 10.9. The van der Waals surface area contributed by atoms with Gasteiger partial charge in [0.2, 0.25) is 5.88 Å². The van der Waals surface area contributed by atoms with Crippen molar-refractivity contribution >= 4 is 11.1 Å². The van der Waals surface area contributed by atoms with Gasteiger partial charge in [-0.2, -0.15) is 0 Å². The summed E-state index contributed by atoms with van der Waals surface area (Å²) in [6.07, 6.45) is 1.53. The Morgan fingerprint density at radius 1 is 1.50 bits per heavy atom. The van der Waals surface area contributed by atoms with Crippen LogP contribution in [-0.4, -0.2) is 19.3 Å². The molecule has 0 bridgehead atoms. The predicted molar refractivity (Wildman–Crippen MR) is 53.7 cm³/mol. The number of pyridine rings is 1. The molecular formula is C9H13NO3S. The van der Waals surface area contributed by atoms with Gasteiger partial charge in [0.15, 0.2) is 11.1 Å². The van der Waals surface area contributed by atoms with Crippen LogP contribution in [-0.2, 0) is 11.1 Å². The topological polar surface area (TPSA) is 59.4 Å². The molecule has 1 aromatic rings. The summed E-state index contributed by atoms with van der Waals surface area (Å²) < 4.78 is 25.3. The van der Waals surface area contributed by atoms with Gasteiger partial charge in [0, 0.05) is 6.20 Å². The first-order valence-corrected chi connectivity index (χ1v) is 5.26. The molecule has 78 valence electrons.